The molecule has 1 aromatic carbocycles. The lowest BCUT2D eigenvalue weighted by atomic mass is 9.95. The molecule has 2 aliphatic rings. The Hall–Kier alpha value is -1.35. The van der Waals surface area contributed by atoms with Gasteiger partial charge in [-0.25, -0.2) is 0 Å². The van der Waals surface area contributed by atoms with Crippen LogP contribution < -0.4 is 0 Å². The predicted octanol–water partition coefficient (Wildman–Crippen LogP) is 2.83. The molecule has 2 fully saturated rings. The summed E-state index contributed by atoms with van der Waals surface area (Å²) in [6.45, 7) is 7.23. The van der Waals surface area contributed by atoms with E-state index in [9.17, 15) is 4.79 Å². The SMILES string of the molecule is Cc1ccc(CN2CCC(C(=O)N3CCCC3)CC2)cc1. The second kappa shape index (κ2) is 6.61. The number of hydrogen-bond acceptors (Lipinski definition) is 2. The van der Waals surface area contributed by atoms with Gasteiger partial charge in [-0.2, -0.15) is 0 Å². The first-order valence-corrected chi connectivity index (χ1v) is 8.29. The van der Waals surface area contributed by atoms with Crippen molar-refractivity contribution in [2.45, 2.75) is 39.2 Å². The largest absolute Gasteiger partial charge is 0.342 e. The summed E-state index contributed by atoms with van der Waals surface area (Å²) in [6, 6.07) is 8.80. The molecule has 0 radical (unpaired) electrons. The van der Waals surface area contributed by atoms with Gasteiger partial charge in [0.2, 0.25) is 5.91 Å². The fourth-order valence-electron chi connectivity index (χ4n) is 3.49. The molecular weight excluding hydrogens is 260 g/mol. The van der Waals surface area contributed by atoms with Gasteiger partial charge in [0.05, 0.1) is 0 Å². The molecule has 0 aromatic heterocycles. The van der Waals surface area contributed by atoms with Crippen molar-refractivity contribution in [3.63, 3.8) is 0 Å². The Morgan fingerprint density at radius 3 is 2.29 bits per heavy atom. The van der Waals surface area contributed by atoms with Crippen LogP contribution in [0.25, 0.3) is 0 Å². The lowest BCUT2D eigenvalue weighted by Gasteiger charge is -2.33. The van der Waals surface area contributed by atoms with Crippen LogP contribution in [0, 0.1) is 12.8 Å². The summed E-state index contributed by atoms with van der Waals surface area (Å²) >= 11 is 0. The minimum Gasteiger partial charge on any atom is -0.342 e. The first-order valence-electron chi connectivity index (χ1n) is 8.29. The average molecular weight is 286 g/mol. The van der Waals surface area contributed by atoms with Crippen LogP contribution in [0.3, 0.4) is 0 Å². The molecule has 114 valence electrons. The molecule has 2 saturated heterocycles. The van der Waals surface area contributed by atoms with E-state index in [4.69, 9.17) is 0 Å². The normalized spacial score (nSPS) is 20.9. The quantitative estimate of drug-likeness (QED) is 0.853. The first-order chi connectivity index (χ1) is 10.2. The van der Waals surface area contributed by atoms with E-state index in [1.807, 2.05) is 0 Å². The zero-order valence-corrected chi connectivity index (χ0v) is 13.1. The Morgan fingerprint density at radius 1 is 1.05 bits per heavy atom. The highest BCUT2D eigenvalue weighted by molar-refractivity contribution is 5.79. The minimum absolute atomic E-state index is 0.275. The van der Waals surface area contributed by atoms with E-state index in [0.29, 0.717) is 5.91 Å². The van der Waals surface area contributed by atoms with Crippen molar-refractivity contribution in [2.75, 3.05) is 26.2 Å². The number of hydrogen-bond donors (Lipinski definition) is 0. The van der Waals surface area contributed by atoms with Crippen LogP contribution in [0.5, 0.6) is 0 Å². The highest BCUT2D eigenvalue weighted by atomic mass is 16.2. The van der Waals surface area contributed by atoms with Crippen LogP contribution in [-0.2, 0) is 11.3 Å². The molecule has 0 atom stereocenters. The van der Waals surface area contributed by atoms with Gasteiger partial charge in [0.15, 0.2) is 0 Å². The Balaban J connectivity index is 1.48. The Labute approximate surface area is 127 Å². The molecule has 0 aliphatic carbocycles. The smallest absolute Gasteiger partial charge is 0.225 e. The van der Waals surface area contributed by atoms with Gasteiger partial charge in [0.25, 0.3) is 0 Å². The molecule has 0 unspecified atom stereocenters. The second-order valence-electron chi connectivity index (χ2n) is 6.57. The van der Waals surface area contributed by atoms with Crippen LogP contribution in [-0.4, -0.2) is 41.9 Å². The number of piperidine rings is 1. The fraction of sp³-hybridized carbons (Fsp3) is 0.611. The standard InChI is InChI=1S/C18H26N2O/c1-15-4-6-16(7-5-15)14-19-12-8-17(9-13-19)18(21)20-10-2-3-11-20/h4-7,17H,2-3,8-14H2,1H3. The van der Waals surface area contributed by atoms with Crippen molar-refractivity contribution in [2.24, 2.45) is 5.92 Å². The van der Waals surface area contributed by atoms with Crippen LogP contribution >= 0.6 is 0 Å². The number of rotatable bonds is 3. The fourth-order valence-corrected chi connectivity index (χ4v) is 3.49. The number of amides is 1. The third-order valence-corrected chi connectivity index (χ3v) is 4.88. The van der Waals surface area contributed by atoms with E-state index in [1.54, 1.807) is 0 Å². The number of nitrogens with zero attached hydrogens (tertiary/aromatic N) is 2. The monoisotopic (exact) mass is 286 g/mol. The molecular formula is C18H26N2O. The molecule has 0 bridgehead atoms. The molecule has 2 aliphatic heterocycles. The van der Waals surface area contributed by atoms with Crippen LogP contribution in [0.2, 0.25) is 0 Å². The lowest BCUT2D eigenvalue weighted by molar-refractivity contribution is -0.136. The topological polar surface area (TPSA) is 23.6 Å². The average Bonchev–Trinajstić information content (AvgIpc) is 3.04. The minimum atomic E-state index is 0.275. The number of aryl methyl sites for hydroxylation is 1. The van der Waals surface area contributed by atoms with E-state index < -0.39 is 0 Å². The number of carbonyl (C=O) groups excluding carboxylic acids is 1. The van der Waals surface area contributed by atoms with Crippen LogP contribution in [0.15, 0.2) is 24.3 Å². The van der Waals surface area contributed by atoms with Gasteiger partial charge in [-0.3, -0.25) is 9.69 Å². The van der Waals surface area contributed by atoms with Crippen LogP contribution in [0.1, 0.15) is 36.8 Å². The maximum absolute atomic E-state index is 12.4. The summed E-state index contributed by atoms with van der Waals surface area (Å²) in [5.74, 6) is 0.694. The van der Waals surface area contributed by atoms with Gasteiger partial charge >= 0.3 is 0 Å². The van der Waals surface area contributed by atoms with Gasteiger partial charge in [0.1, 0.15) is 0 Å². The first kappa shape index (κ1) is 14.6. The summed E-state index contributed by atoms with van der Waals surface area (Å²) < 4.78 is 0. The molecule has 1 amide bonds. The van der Waals surface area contributed by atoms with Crippen molar-refractivity contribution < 1.29 is 4.79 Å². The van der Waals surface area contributed by atoms with E-state index in [2.05, 4.69) is 41.0 Å². The Morgan fingerprint density at radius 2 is 1.67 bits per heavy atom. The highest BCUT2D eigenvalue weighted by Crippen LogP contribution is 2.23. The van der Waals surface area contributed by atoms with Crippen molar-refractivity contribution in [1.82, 2.24) is 9.80 Å². The molecule has 1 aromatic rings. The van der Waals surface area contributed by atoms with Gasteiger partial charge < -0.3 is 4.90 Å². The predicted molar refractivity (Wildman–Crippen MR) is 85.0 cm³/mol. The van der Waals surface area contributed by atoms with Gasteiger partial charge in [0, 0.05) is 25.6 Å². The lowest BCUT2D eigenvalue weighted by Crippen LogP contribution is -2.41. The summed E-state index contributed by atoms with van der Waals surface area (Å²) in [5, 5.41) is 0. The zero-order valence-electron chi connectivity index (χ0n) is 13.1. The van der Waals surface area contributed by atoms with Crippen LogP contribution in [0.4, 0.5) is 0 Å². The summed E-state index contributed by atoms with van der Waals surface area (Å²) in [6.07, 6.45) is 4.44. The van der Waals surface area contributed by atoms with Crippen molar-refractivity contribution in [3.8, 4) is 0 Å². The van der Waals surface area contributed by atoms with E-state index >= 15 is 0 Å². The van der Waals surface area contributed by atoms with Crippen molar-refractivity contribution in [3.05, 3.63) is 35.4 Å². The summed E-state index contributed by atoms with van der Waals surface area (Å²) in [5.41, 5.74) is 2.69. The van der Waals surface area contributed by atoms with Crippen molar-refractivity contribution >= 4 is 5.91 Å². The van der Waals surface area contributed by atoms with Gasteiger partial charge in [-0.15, -0.1) is 0 Å². The zero-order chi connectivity index (χ0) is 14.7. The van der Waals surface area contributed by atoms with Gasteiger partial charge in [-0.1, -0.05) is 29.8 Å². The Kier molecular flexibility index (Phi) is 4.59. The Bertz CT molecular complexity index is 468. The number of carbonyl (C=O) groups is 1. The third kappa shape index (κ3) is 3.65. The molecule has 21 heavy (non-hydrogen) atoms. The molecule has 3 nitrogen and oxygen atoms in total. The molecule has 0 saturated carbocycles. The summed E-state index contributed by atoms with van der Waals surface area (Å²) in [4.78, 5) is 17.0. The molecule has 0 N–H and O–H groups in total. The van der Waals surface area contributed by atoms with E-state index in [-0.39, 0.29) is 5.92 Å². The highest BCUT2D eigenvalue weighted by Gasteiger charge is 2.29. The maximum atomic E-state index is 12.4. The molecule has 3 rings (SSSR count). The van der Waals surface area contributed by atoms with E-state index in [1.165, 1.54) is 24.0 Å². The maximum Gasteiger partial charge on any atom is 0.225 e. The summed E-state index contributed by atoms with van der Waals surface area (Å²) in [7, 11) is 0. The van der Waals surface area contributed by atoms with Crippen molar-refractivity contribution in [1.29, 1.82) is 0 Å². The molecule has 2 heterocycles. The van der Waals surface area contributed by atoms with E-state index in [0.717, 1.165) is 45.6 Å². The van der Waals surface area contributed by atoms with Gasteiger partial charge in [-0.05, 0) is 51.3 Å². The second-order valence-corrected chi connectivity index (χ2v) is 6.57. The number of likely N-dealkylation sites (tertiary alicyclic amines) is 2. The molecule has 0 spiro atoms. The molecule has 3 heteroatoms. The third-order valence-electron chi connectivity index (χ3n) is 4.88. The number of benzene rings is 1.